The number of nitrogens with zero attached hydrogens (tertiary/aromatic N) is 1. The summed E-state index contributed by atoms with van der Waals surface area (Å²) in [6, 6.07) is 16.1. The standard InChI is InChI=1S/C22H21ClIN3O/c23-14-5-10-18-20(11-12-25-21(18)13-14)26-15-6-8-16(9-7-15)27-22(28)17-3-1-2-4-19(17)24/h1-5,10-13,15-16H,6-9H2,(H,25,26)(H,27,28). The highest BCUT2D eigenvalue weighted by molar-refractivity contribution is 14.1. The van der Waals surface area contributed by atoms with Gasteiger partial charge in [0.2, 0.25) is 0 Å². The van der Waals surface area contributed by atoms with Gasteiger partial charge in [-0.25, -0.2) is 0 Å². The Labute approximate surface area is 183 Å². The number of fused-ring (bicyclic) bond motifs is 1. The van der Waals surface area contributed by atoms with E-state index in [0.29, 0.717) is 11.1 Å². The molecule has 28 heavy (non-hydrogen) atoms. The third-order valence-corrected chi connectivity index (χ3v) is 6.42. The van der Waals surface area contributed by atoms with Gasteiger partial charge in [0.05, 0.1) is 11.1 Å². The highest BCUT2D eigenvalue weighted by atomic mass is 127. The van der Waals surface area contributed by atoms with Crippen LogP contribution < -0.4 is 10.6 Å². The Kier molecular flexibility index (Phi) is 6.01. The molecule has 4 nitrogen and oxygen atoms in total. The maximum atomic E-state index is 12.5. The maximum absolute atomic E-state index is 12.5. The number of hydrogen-bond acceptors (Lipinski definition) is 3. The van der Waals surface area contributed by atoms with Crippen molar-refractivity contribution in [1.29, 1.82) is 0 Å². The molecule has 144 valence electrons. The molecule has 1 aromatic heterocycles. The van der Waals surface area contributed by atoms with E-state index in [-0.39, 0.29) is 11.9 Å². The summed E-state index contributed by atoms with van der Waals surface area (Å²) in [6.45, 7) is 0. The second kappa shape index (κ2) is 8.66. The zero-order valence-corrected chi connectivity index (χ0v) is 18.2. The number of aromatic nitrogens is 1. The van der Waals surface area contributed by atoms with Gasteiger partial charge in [-0.15, -0.1) is 0 Å². The van der Waals surface area contributed by atoms with Gasteiger partial charge in [-0.1, -0.05) is 23.7 Å². The highest BCUT2D eigenvalue weighted by Crippen LogP contribution is 2.28. The molecule has 1 heterocycles. The number of carbonyl (C=O) groups excluding carboxylic acids is 1. The summed E-state index contributed by atoms with van der Waals surface area (Å²) >= 11 is 8.29. The molecule has 2 N–H and O–H groups in total. The van der Waals surface area contributed by atoms with Crippen molar-refractivity contribution in [3.05, 3.63) is 68.9 Å². The fourth-order valence-corrected chi connectivity index (χ4v) is 4.56. The Hall–Kier alpha value is -1.86. The summed E-state index contributed by atoms with van der Waals surface area (Å²) in [5.41, 5.74) is 2.74. The normalized spacial score (nSPS) is 19.4. The molecule has 0 saturated heterocycles. The molecule has 0 unspecified atom stereocenters. The number of pyridine rings is 1. The van der Waals surface area contributed by atoms with Crippen LogP contribution in [-0.2, 0) is 0 Å². The molecule has 6 heteroatoms. The number of halogens is 2. The molecule has 4 rings (SSSR count). The minimum Gasteiger partial charge on any atom is -0.382 e. The summed E-state index contributed by atoms with van der Waals surface area (Å²) in [7, 11) is 0. The molecule has 1 aliphatic carbocycles. The molecule has 1 amide bonds. The smallest absolute Gasteiger partial charge is 0.252 e. The van der Waals surface area contributed by atoms with Crippen LogP contribution in [0, 0.1) is 3.57 Å². The van der Waals surface area contributed by atoms with Gasteiger partial charge in [0.15, 0.2) is 0 Å². The largest absolute Gasteiger partial charge is 0.382 e. The molecule has 1 aliphatic rings. The maximum Gasteiger partial charge on any atom is 0.252 e. The average Bonchev–Trinajstić information content (AvgIpc) is 2.69. The molecule has 0 atom stereocenters. The van der Waals surface area contributed by atoms with Crippen molar-refractivity contribution in [3.8, 4) is 0 Å². The van der Waals surface area contributed by atoms with E-state index in [9.17, 15) is 4.79 Å². The molecule has 0 radical (unpaired) electrons. The lowest BCUT2D eigenvalue weighted by Gasteiger charge is -2.30. The number of nitrogens with one attached hydrogen (secondary N) is 2. The van der Waals surface area contributed by atoms with Gasteiger partial charge in [-0.2, -0.15) is 0 Å². The van der Waals surface area contributed by atoms with Crippen LogP contribution in [0.15, 0.2) is 54.7 Å². The van der Waals surface area contributed by atoms with Crippen molar-refractivity contribution in [1.82, 2.24) is 10.3 Å². The summed E-state index contributed by atoms with van der Waals surface area (Å²) in [4.78, 5) is 16.9. The van der Waals surface area contributed by atoms with Crippen molar-refractivity contribution in [2.24, 2.45) is 0 Å². The molecular formula is C22H21ClIN3O. The van der Waals surface area contributed by atoms with Crippen LogP contribution in [0.25, 0.3) is 10.9 Å². The topological polar surface area (TPSA) is 54.0 Å². The molecule has 0 aliphatic heterocycles. The fraction of sp³-hybridized carbons (Fsp3) is 0.273. The van der Waals surface area contributed by atoms with Crippen LogP contribution in [0.5, 0.6) is 0 Å². The van der Waals surface area contributed by atoms with Crippen LogP contribution in [0.1, 0.15) is 36.0 Å². The first-order valence-electron chi connectivity index (χ1n) is 9.46. The van der Waals surface area contributed by atoms with Crippen LogP contribution >= 0.6 is 34.2 Å². The second-order valence-corrected chi connectivity index (χ2v) is 8.76. The number of hydrogen-bond donors (Lipinski definition) is 2. The SMILES string of the molecule is O=C(NC1CCC(Nc2ccnc3cc(Cl)ccc23)CC1)c1ccccc1I. The first-order valence-corrected chi connectivity index (χ1v) is 10.9. The Morgan fingerprint density at radius 1 is 1.04 bits per heavy atom. The Morgan fingerprint density at radius 3 is 2.57 bits per heavy atom. The van der Waals surface area contributed by atoms with Crippen LogP contribution in [0.3, 0.4) is 0 Å². The van der Waals surface area contributed by atoms with Crippen molar-refractivity contribution in [2.45, 2.75) is 37.8 Å². The summed E-state index contributed by atoms with van der Waals surface area (Å²) < 4.78 is 0.984. The molecule has 0 bridgehead atoms. The number of amides is 1. The van der Waals surface area contributed by atoms with E-state index in [1.807, 2.05) is 54.7 Å². The summed E-state index contributed by atoms with van der Waals surface area (Å²) in [6.07, 6.45) is 5.81. The molecular weight excluding hydrogens is 485 g/mol. The van der Waals surface area contributed by atoms with E-state index >= 15 is 0 Å². The van der Waals surface area contributed by atoms with Crippen molar-refractivity contribution in [3.63, 3.8) is 0 Å². The predicted molar refractivity (Wildman–Crippen MR) is 123 cm³/mol. The van der Waals surface area contributed by atoms with Gasteiger partial charge >= 0.3 is 0 Å². The third kappa shape index (κ3) is 4.41. The molecule has 3 aromatic rings. The van der Waals surface area contributed by atoms with Crippen LogP contribution in [0.2, 0.25) is 5.02 Å². The fourth-order valence-electron chi connectivity index (χ4n) is 3.76. The highest BCUT2D eigenvalue weighted by Gasteiger charge is 2.23. The van der Waals surface area contributed by atoms with Gasteiger partial charge < -0.3 is 10.6 Å². The van der Waals surface area contributed by atoms with E-state index in [2.05, 4.69) is 38.2 Å². The van der Waals surface area contributed by atoms with Gasteiger partial charge in [-0.3, -0.25) is 9.78 Å². The number of carbonyl (C=O) groups is 1. The van der Waals surface area contributed by atoms with E-state index in [1.54, 1.807) is 0 Å². The number of benzene rings is 2. The van der Waals surface area contributed by atoms with E-state index in [4.69, 9.17) is 11.6 Å². The van der Waals surface area contributed by atoms with Gasteiger partial charge in [0.1, 0.15) is 0 Å². The van der Waals surface area contributed by atoms with E-state index in [1.165, 1.54) is 0 Å². The summed E-state index contributed by atoms with van der Waals surface area (Å²) in [5.74, 6) is 0.0263. The predicted octanol–water partition coefficient (Wildman–Crippen LogP) is 5.65. The van der Waals surface area contributed by atoms with Crippen LogP contribution in [0.4, 0.5) is 5.69 Å². The first kappa shape index (κ1) is 19.5. The summed E-state index contributed by atoms with van der Waals surface area (Å²) in [5, 5.41) is 8.64. The minimum atomic E-state index is 0.0263. The monoisotopic (exact) mass is 505 g/mol. The first-order chi connectivity index (χ1) is 13.6. The Bertz CT molecular complexity index is 1000. The van der Waals surface area contributed by atoms with Gasteiger partial charge in [0.25, 0.3) is 5.91 Å². The molecule has 0 spiro atoms. The molecule has 2 aromatic carbocycles. The van der Waals surface area contributed by atoms with Crippen molar-refractivity contribution >= 4 is 56.7 Å². The Morgan fingerprint density at radius 2 is 1.79 bits per heavy atom. The van der Waals surface area contributed by atoms with Crippen molar-refractivity contribution < 1.29 is 4.79 Å². The zero-order chi connectivity index (χ0) is 19.5. The van der Waals surface area contributed by atoms with Crippen molar-refractivity contribution in [2.75, 3.05) is 5.32 Å². The molecule has 1 fully saturated rings. The number of rotatable bonds is 4. The Balaban J connectivity index is 1.36. The minimum absolute atomic E-state index is 0.0263. The molecule has 1 saturated carbocycles. The lowest BCUT2D eigenvalue weighted by Crippen LogP contribution is -2.40. The quantitative estimate of drug-likeness (QED) is 0.451. The lowest BCUT2D eigenvalue weighted by molar-refractivity contribution is 0.0925. The number of anilines is 1. The lowest BCUT2D eigenvalue weighted by atomic mass is 9.90. The van der Waals surface area contributed by atoms with Gasteiger partial charge in [-0.05, 0) is 84.7 Å². The van der Waals surface area contributed by atoms with Crippen LogP contribution in [-0.4, -0.2) is 23.0 Å². The van der Waals surface area contributed by atoms with Gasteiger partial charge in [0, 0.05) is 37.9 Å². The second-order valence-electron chi connectivity index (χ2n) is 7.17. The van der Waals surface area contributed by atoms with E-state index in [0.717, 1.165) is 51.4 Å². The third-order valence-electron chi connectivity index (χ3n) is 5.25. The average molecular weight is 506 g/mol. The zero-order valence-electron chi connectivity index (χ0n) is 15.3. The van der Waals surface area contributed by atoms with E-state index < -0.39 is 0 Å².